The summed E-state index contributed by atoms with van der Waals surface area (Å²) in [4.78, 5) is 17.7. The predicted molar refractivity (Wildman–Crippen MR) is 142 cm³/mol. The Morgan fingerprint density at radius 1 is 0.884 bits per heavy atom. The van der Waals surface area contributed by atoms with Crippen molar-refractivity contribution in [1.82, 2.24) is 10.3 Å². The number of aromatic nitrogens is 1. The zero-order valence-corrected chi connectivity index (χ0v) is 22.8. The van der Waals surface area contributed by atoms with Crippen LogP contribution in [-0.4, -0.2) is 23.4 Å². The maximum absolute atomic E-state index is 15.0. The van der Waals surface area contributed by atoms with Gasteiger partial charge in [0.15, 0.2) is 0 Å². The Morgan fingerprint density at radius 3 is 2.09 bits per heavy atom. The summed E-state index contributed by atoms with van der Waals surface area (Å²) < 4.78 is 113. The first kappa shape index (κ1) is 31.7. The second-order valence-corrected chi connectivity index (χ2v) is 9.94. The second-order valence-electron chi connectivity index (χ2n) is 9.56. The van der Waals surface area contributed by atoms with Gasteiger partial charge in [0.05, 0.1) is 11.1 Å². The zero-order valence-electron chi connectivity index (χ0n) is 22.0. The molecule has 4 nitrogen and oxygen atoms in total. The van der Waals surface area contributed by atoms with E-state index in [9.17, 15) is 39.9 Å². The van der Waals surface area contributed by atoms with Gasteiger partial charge in [-0.25, -0.2) is 9.37 Å². The molecule has 1 aromatic heterocycles. The third-order valence-corrected chi connectivity index (χ3v) is 6.59. The minimum absolute atomic E-state index is 0.0215. The van der Waals surface area contributed by atoms with Crippen molar-refractivity contribution in [2.24, 2.45) is 0 Å². The molecule has 1 N–H and O–H groups in total. The number of ether oxygens (including phenoxy) is 1. The molecule has 1 amide bonds. The van der Waals surface area contributed by atoms with E-state index in [1.165, 1.54) is 12.1 Å². The Morgan fingerprint density at radius 2 is 1.51 bits per heavy atom. The molecule has 0 aliphatic heterocycles. The van der Waals surface area contributed by atoms with Crippen LogP contribution in [0.3, 0.4) is 0 Å². The summed E-state index contributed by atoms with van der Waals surface area (Å²) in [5.41, 5.74) is -2.51. The topological polar surface area (TPSA) is 51.2 Å². The molecule has 0 saturated carbocycles. The lowest BCUT2D eigenvalue weighted by molar-refractivity contribution is -0.253. The van der Waals surface area contributed by atoms with Crippen LogP contribution in [0, 0.1) is 12.7 Å². The zero-order chi connectivity index (χ0) is 31.6. The number of pyridine rings is 1. The van der Waals surface area contributed by atoms with Crippen LogP contribution in [0.15, 0.2) is 84.9 Å². The molecule has 4 aromatic rings. The van der Waals surface area contributed by atoms with Crippen molar-refractivity contribution in [3.8, 4) is 5.75 Å². The Bertz CT molecular complexity index is 1580. The Kier molecular flexibility index (Phi) is 9.00. The molecule has 226 valence electrons. The maximum atomic E-state index is 15.0. The number of rotatable bonds is 9. The van der Waals surface area contributed by atoms with Crippen LogP contribution in [-0.2, 0) is 18.1 Å². The number of alkyl halides is 7. The highest BCUT2D eigenvalue weighted by atomic mass is 35.5. The van der Waals surface area contributed by atoms with E-state index in [0.717, 1.165) is 36.4 Å². The van der Waals surface area contributed by atoms with Gasteiger partial charge in [0.2, 0.25) is 0 Å². The number of carbonyl (C=O) groups excluding carboxylic acids is 1. The molecule has 0 saturated heterocycles. The molecule has 0 aliphatic rings. The summed E-state index contributed by atoms with van der Waals surface area (Å²) in [6, 6.07) is 16.4. The van der Waals surface area contributed by atoms with Crippen molar-refractivity contribution < 1.29 is 44.7 Å². The van der Waals surface area contributed by atoms with E-state index in [1.807, 2.05) is 0 Å². The van der Waals surface area contributed by atoms with E-state index in [-0.39, 0.29) is 28.3 Å². The average molecular weight is 629 g/mol. The van der Waals surface area contributed by atoms with Gasteiger partial charge in [0.25, 0.3) is 5.91 Å². The van der Waals surface area contributed by atoms with E-state index in [4.69, 9.17) is 11.6 Å². The van der Waals surface area contributed by atoms with Gasteiger partial charge >= 0.3 is 18.7 Å². The number of nitrogens with zero attached hydrogens (tertiary/aromatic N) is 1. The number of benzene rings is 3. The van der Waals surface area contributed by atoms with Gasteiger partial charge in [0, 0.05) is 23.7 Å². The minimum atomic E-state index is -5.00. The van der Waals surface area contributed by atoms with Crippen molar-refractivity contribution in [2.75, 3.05) is 0 Å². The van der Waals surface area contributed by atoms with Crippen molar-refractivity contribution in [2.45, 2.75) is 37.6 Å². The second kappa shape index (κ2) is 12.2. The van der Waals surface area contributed by atoms with Crippen molar-refractivity contribution >= 4 is 17.5 Å². The van der Waals surface area contributed by atoms with Gasteiger partial charge in [-0.15, -0.1) is 0 Å². The molecule has 4 rings (SSSR count). The van der Waals surface area contributed by atoms with Gasteiger partial charge in [0.1, 0.15) is 16.7 Å². The number of hydrogen-bond acceptors (Lipinski definition) is 3. The number of hydrogen-bond donors (Lipinski definition) is 1. The summed E-state index contributed by atoms with van der Waals surface area (Å²) >= 11 is 6.02. The highest BCUT2D eigenvalue weighted by Gasteiger charge is 2.45. The van der Waals surface area contributed by atoms with Crippen molar-refractivity contribution in [1.29, 1.82) is 0 Å². The summed E-state index contributed by atoms with van der Waals surface area (Å²) in [5, 5.41) is 2.66. The van der Waals surface area contributed by atoms with E-state index in [0.29, 0.717) is 17.3 Å². The number of amides is 1. The van der Waals surface area contributed by atoms with E-state index in [1.54, 1.807) is 37.3 Å². The molecule has 1 heterocycles. The number of halogens is 9. The van der Waals surface area contributed by atoms with E-state index < -0.39 is 47.3 Å². The lowest BCUT2D eigenvalue weighted by atomic mass is 9.77. The highest BCUT2D eigenvalue weighted by molar-refractivity contribution is 6.29. The first-order valence-electron chi connectivity index (χ1n) is 12.4. The minimum Gasteiger partial charge on any atom is -0.428 e. The van der Waals surface area contributed by atoms with Crippen LogP contribution in [0.4, 0.5) is 35.1 Å². The summed E-state index contributed by atoms with van der Waals surface area (Å²) in [7, 11) is 0. The molecule has 43 heavy (non-hydrogen) atoms. The van der Waals surface area contributed by atoms with Crippen LogP contribution in [0.5, 0.6) is 5.75 Å². The van der Waals surface area contributed by atoms with Gasteiger partial charge in [-0.1, -0.05) is 54.1 Å². The van der Waals surface area contributed by atoms with Crippen LogP contribution in [0.25, 0.3) is 0 Å². The lowest BCUT2D eigenvalue weighted by Gasteiger charge is -2.37. The SMILES string of the molecule is Cc1cc(C(=O)N[C@](Cc2ccccc2)(c2ccc(C(F)(F)F)cc2)c2cc(F)cc(OC(F)(F)C(F)F)c2)cc(Cl)n1. The third-order valence-electron chi connectivity index (χ3n) is 6.40. The van der Waals surface area contributed by atoms with Gasteiger partial charge in [-0.3, -0.25) is 4.79 Å². The van der Waals surface area contributed by atoms with Crippen LogP contribution in [0.1, 0.15) is 38.3 Å². The molecule has 0 unspecified atom stereocenters. The molecule has 0 spiro atoms. The summed E-state index contributed by atoms with van der Waals surface area (Å²) in [6.07, 6.45) is -14.2. The Balaban J connectivity index is 1.98. The van der Waals surface area contributed by atoms with Crippen LogP contribution >= 0.6 is 11.6 Å². The summed E-state index contributed by atoms with van der Waals surface area (Å²) in [6.45, 7) is 1.55. The van der Waals surface area contributed by atoms with Gasteiger partial charge in [-0.05, 0) is 60.0 Å². The molecule has 0 radical (unpaired) electrons. The fourth-order valence-corrected chi connectivity index (χ4v) is 4.75. The molecular formula is C30H21ClF8N2O2. The molecule has 3 aromatic carbocycles. The Hall–Kier alpha value is -4.19. The fraction of sp³-hybridized carbons (Fsp3) is 0.200. The van der Waals surface area contributed by atoms with Crippen molar-refractivity contribution in [3.05, 3.63) is 129 Å². The van der Waals surface area contributed by atoms with E-state index in [2.05, 4.69) is 15.0 Å². The number of carbonyl (C=O) groups is 1. The standard InChI is InChI=1S/C30H21ClF8N2O2/c1-17-11-19(12-25(31)40-17)26(42)41-28(16-18-5-3-2-4-6-18,20-7-9-21(10-8-20)29(35,36)37)22-13-23(32)15-24(14-22)43-30(38,39)27(33)34/h2-15,27H,16H2,1H3,(H,41,42)/t28-/m1/s1. The summed E-state index contributed by atoms with van der Waals surface area (Å²) in [5.74, 6) is -3.06. The number of aryl methyl sites for hydroxylation is 1. The lowest BCUT2D eigenvalue weighted by Crippen LogP contribution is -2.49. The Labute approximate surface area is 245 Å². The first-order chi connectivity index (χ1) is 20.1. The molecule has 1 atom stereocenters. The van der Waals surface area contributed by atoms with Crippen LogP contribution < -0.4 is 10.1 Å². The normalized spacial score (nSPS) is 13.5. The first-order valence-corrected chi connectivity index (χ1v) is 12.8. The number of nitrogens with one attached hydrogen (secondary N) is 1. The fourth-order valence-electron chi connectivity index (χ4n) is 4.50. The maximum Gasteiger partial charge on any atom is 0.461 e. The highest BCUT2D eigenvalue weighted by Crippen LogP contribution is 2.39. The van der Waals surface area contributed by atoms with Crippen molar-refractivity contribution in [3.63, 3.8) is 0 Å². The molecule has 13 heteroatoms. The van der Waals surface area contributed by atoms with Gasteiger partial charge in [-0.2, -0.15) is 30.7 Å². The van der Waals surface area contributed by atoms with E-state index >= 15 is 0 Å². The third kappa shape index (κ3) is 7.42. The largest absolute Gasteiger partial charge is 0.461 e. The molecular weight excluding hydrogens is 608 g/mol. The smallest absolute Gasteiger partial charge is 0.428 e. The quantitative estimate of drug-likeness (QED) is 0.150. The monoisotopic (exact) mass is 628 g/mol. The van der Waals surface area contributed by atoms with Gasteiger partial charge < -0.3 is 10.1 Å². The average Bonchev–Trinajstić information content (AvgIpc) is 2.91. The predicted octanol–water partition coefficient (Wildman–Crippen LogP) is 8.35. The molecule has 0 bridgehead atoms. The van der Waals surface area contributed by atoms with Crippen LogP contribution in [0.2, 0.25) is 5.15 Å². The molecule has 0 fully saturated rings. The molecule has 0 aliphatic carbocycles.